The maximum absolute atomic E-state index is 14.9. The van der Waals surface area contributed by atoms with Crippen LogP contribution >= 0.6 is 0 Å². The molecule has 0 bridgehead atoms. The summed E-state index contributed by atoms with van der Waals surface area (Å²) in [4.78, 5) is 17.4. The van der Waals surface area contributed by atoms with Gasteiger partial charge in [0.15, 0.2) is 5.69 Å². The van der Waals surface area contributed by atoms with Crippen LogP contribution in [0.1, 0.15) is 53.0 Å². The van der Waals surface area contributed by atoms with E-state index in [0.717, 1.165) is 29.5 Å². The molecule has 2 aromatic carbocycles. The van der Waals surface area contributed by atoms with E-state index in [1.807, 2.05) is 6.07 Å². The van der Waals surface area contributed by atoms with Gasteiger partial charge in [-0.1, -0.05) is 43.2 Å². The van der Waals surface area contributed by atoms with Crippen LogP contribution in [0.15, 0.2) is 79.1 Å². The number of carbonyl (C=O) groups excluding carboxylic acids is 1. The van der Waals surface area contributed by atoms with E-state index in [4.69, 9.17) is 5.73 Å². The van der Waals surface area contributed by atoms with Gasteiger partial charge in [-0.05, 0) is 60.2 Å². The zero-order chi connectivity index (χ0) is 26.9. The molecule has 10 heteroatoms. The van der Waals surface area contributed by atoms with Crippen molar-refractivity contribution >= 4 is 11.6 Å². The first-order valence-corrected chi connectivity index (χ1v) is 12.2. The van der Waals surface area contributed by atoms with E-state index in [1.165, 1.54) is 24.3 Å². The molecule has 2 aromatic heterocycles. The Hall–Kier alpha value is -4.05. The van der Waals surface area contributed by atoms with Gasteiger partial charge in [0.05, 0.1) is 16.9 Å². The van der Waals surface area contributed by atoms with Crippen molar-refractivity contribution in [1.82, 2.24) is 14.8 Å². The highest BCUT2D eigenvalue weighted by molar-refractivity contribution is 6.03. The number of hydrogen-bond donors (Lipinski definition) is 2. The van der Waals surface area contributed by atoms with Gasteiger partial charge in [-0.3, -0.25) is 9.78 Å². The van der Waals surface area contributed by atoms with Crippen LogP contribution in [0.2, 0.25) is 0 Å². The SMILES string of the molecule is NC(CCC1CC1)(c1cccnc1)c1ccc(F)c(NC(=O)c2cc(C(F)(F)F)nn2-c2ccccc2)c1. The van der Waals surface area contributed by atoms with E-state index in [1.54, 1.807) is 42.7 Å². The smallest absolute Gasteiger partial charge is 0.318 e. The van der Waals surface area contributed by atoms with Crippen molar-refractivity contribution in [1.29, 1.82) is 0 Å². The number of anilines is 1. The number of hydrogen-bond acceptors (Lipinski definition) is 4. The zero-order valence-corrected chi connectivity index (χ0v) is 20.3. The normalized spacial score (nSPS) is 15.2. The third kappa shape index (κ3) is 5.31. The van der Waals surface area contributed by atoms with Gasteiger partial charge in [-0.25, -0.2) is 9.07 Å². The summed E-state index contributed by atoms with van der Waals surface area (Å²) in [5.41, 5.74) is 5.62. The number of benzene rings is 2. The summed E-state index contributed by atoms with van der Waals surface area (Å²) in [5, 5.41) is 6.02. The second kappa shape index (κ2) is 10.0. The standard InChI is InChI=1S/C28H25F4N5O/c29-22-11-10-19(27(33,13-12-18-8-9-18)20-5-4-14-34-17-20)15-23(22)35-26(38)24-16-25(28(30,31)32)36-37(24)21-6-2-1-3-7-21/h1-7,10-11,14-18H,8-9,12-13,33H2,(H,35,38). The predicted molar refractivity (Wildman–Crippen MR) is 134 cm³/mol. The monoisotopic (exact) mass is 523 g/mol. The average molecular weight is 524 g/mol. The van der Waals surface area contributed by atoms with Crippen LogP contribution in [-0.2, 0) is 11.7 Å². The molecule has 1 aliphatic carbocycles. The van der Waals surface area contributed by atoms with E-state index in [2.05, 4.69) is 15.4 Å². The first-order chi connectivity index (χ1) is 18.1. The number of pyridine rings is 1. The Labute approximate surface area is 216 Å². The number of carbonyl (C=O) groups is 1. The minimum Gasteiger partial charge on any atom is -0.318 e. The van der Waals surface area contributed by atoms with E-state index in [0.29, 0.717) is 24.0 Å². The van der Waals surface area contributed by atoms with Gasteiger partial charge in [0.2, 0.25) is 0 Å². The highest BCUT2D eigenvalue weighted by atomic mass is 19.4. The summed E-state index contributed by atoms with van der Waals surface area (Å²) in [6, 6.07) is 16.4. The molecule has 3 N–H and O–H groups in total. The molecule has 1 atom stereocenters. The Morgan fingerprint density at radius 3 is 2.45 bits per heavy atom. The number of para-hydroxylation sites is 1. The van der Waals surface area contributed by atoms with Crippen LogP contribution in [0, 0.1) is 11.7 Å². The quantitative estimate of drug-likeness (QED) is 0.275. The van der Waals surface area contributed by atoms with Crippen LogP contribution in [0.3, 0.4) is 0 Å². The maximum Gasteiger partial charge on any atom is 0.435 e. The molecule has 1 unspecified atom stereocenters. The molecular weight excluding hydrogens is 498 g/mol. The summed E-state index contributed by atoms with van der Waals surface area (Å²) < 4.78 is 56.1. The lowest BCUT2D eigenvalue weighted by molar-refractivity contribution is -0.141. The Morgan fingerprint density at radius 2 is 1.79 bits per heavy atom. The van der Waals surface area contributed by atoms with Crippen molar-refractivity contribution in [3.8, 4) is 5.69 Å². The van der Waals surface area contributed by atoms with Gasteiger partial charge < -0.3 is 11.1 Å². The van der Waals surface area contributed by atoms with Gasteiger partial charge in [-0.2, -0.15) is 18.3 Å². The number of alkyl halides is 3. The van der Waals surface area contributed by atoms with Crippen molar-refractivity contribution in [3.05, 3.63) is 107 Å². The van der Waals surface area contributed by atoms with Crippen molar-refractivity contribution in [2.45, 2.75) is 37.4 Å². The van der Waals surface area contributed by atoms with E-state index in [-0.39, 0.29) is 11.4 Å². The molecule has 1 amide bonds. The number of halogens is 4. The minimum absolute atomic E-state index is 0.202. The highest BCUT2D eigenvalue weighted by Gasteiger charge is 2.37. The molecular formula is C28H25F4N5O. The number of rotatable bonds is 8. The van der Waals surface area contributed by atoms with Gasteiger partial charge in [0, 0.05) is 18.5 Å². The predicted octanol–water partition coefficient (Wildman–Crippen LogP) is 6.07. The Kier molecular flexibility index (Phi) is 6.75. The summed E-state index contributed by atoms with van der Waals surface area (Å²) in [6.07, 6.45) is 2.26. The molecule has 0 saturated heterocycles. The molecule has 1 aliphatic rings. The van der Waals surface area contributed by atoms with Crippen molar-refractivity contribution < 1.29 is 22.4 Å². The van der Waals surface area contributed by atoms with E-state index < -0.39 is 34.8 Å². The van der Waals surface area contributed by atoms with Crippen LogP contribution in [0.25, 0.3) is 5.69 Å². The van der Waals surface area contributed by atoms with Crippen LogP contribution < -0.4 is 11.1 Å². The molecule has 5 rings (SSSR count). The molecule has 0 spiro atoms. The first kappa shape index (κ1) is 25.6. The van der Waals surface area contributed by atoms with Crippen molar-refractivity contribution in [2.24, 2.45) is 11.7 Å². The van der Waals surface area contributed by atoms with Gasteiger partial charge in [0.25, 0.3) is 5.91 Å². The zero-order valence-electron chi connectivity index (χ0n) is 20.3. The highest BCUT2D eigenvalue weighted by Crippen LogP contribution is 2.40. The lowest BCUT2D eigenvalue weighted by Crippen LogP contribution is -2.38. The largest absolute Gasteiger partial charge is 0.435 e. The first-order valence-electron chi connectivity index (χ1n) is 12.2. The molecule has 38 heavy (non-hydrogen) atoms. The van der Waals surface area contributed by atoms with Gasteiger partial charge in [0.1, 0.15) is 11.5 Å². The molecule has 4 aromatic rings. The molecule has 6 nitrogen and oxygen atoms in total. The third-order valence-electron chi connectivity index (χ3n) is 6.78. The molecule has 2 heterocycles. The molecule has 1 fully saturated rings. The van der Waals surface area contributed by atoms with Crippen LogP contribution in [0.4, 0.5) is 23.2 Å². The van der Waals surface area contributed by atoms with E-state index in [9.17, 15) is 22.4 Å². The molecule has 1 saturated carbocycles. The van der Waals surface area contributed by atoms with Crippen molar-refractivity contribution in [2.75, 3.05) is 5.32 Å². The Balaban J connectivity index is 1.50. The van der Waals surface area contributed by atoms with Gasteiger partial charge >= 0.3 is 6.18 Å². The topological polar surface area (TPSA) is 85.8 Å². The lowest BCUT2D eigenvalue weighted by Gasteiger charge is -2.31. The third-order valence-corrected chi connectivity index (χ3v) is 6.78. The van der Waals surface area contributed by atoms with Crippen LogP contribution in [-0.4, -0.2) is 20.7 Å². The minimum atomic E-state index is -4.77. The summed E-state index contributed by atoms with van der Waals surface area (Å²) in [5.74, 6) is -1.11. The Morgan fingerprint density at radius 1 is 1.03 bits per heavy atom. The lowest BCUT2D eigenvalue weighted by atomic mass is 9.80. The fourth-order valence-corrected chi connectivity index (χ4v) is 4.45. The number of nitrogens with zero attached hydrogens (tertiary/aromatic N) is 3. The molecule has 0 aliphatic heterocycles. The number of amides is 1. The molecule has 196 valence electrons. The fraction of sp³-hybridized carbons (Fsp3) is 0.250. The summed E-state index contributed by atoms with van der Waals surface area (Å²) >= 11 is 0. The second-order valence-corrected chi connectivity index (χ2v) is 9.50. The number of nitrogens with one attached hydrogen (secondary N) is 1. The number of nitrogens with two attached hydrogens (primary N) is 1. The van der Waals surface area contributed by atoms with Crippen molar-refractivity contribution in [3.63, 3.8) is 0 Å². The summed E-state index contributed by atoms with van der Waals surface area (Å²) in [7, 11) is 0. The van der Waals surface area contributed by atoms with Crippen LogP contribution in [0.5, 0.6) is 0 Å². The molecule has 0 radical (unpaired) electrons. The van der Waals surface area contributed by atoms with Gasteiger partial charge in [-0.15, -0.1) is 0 Å². The summed E-state index contributed by atoms with van der Waals surface area (Å²) in [6.45, 7) is 0. The average Bonchev–Trinajstić information content (AvgIpc) is 3.63. The number of aromatic nitrogens is 3. The fourth-order valence-electron chi connectivity index (χ4n) is 4.45. The Bertz CT molecular complexity index is 1430. The second-order valence-electron chi connectivity index (χ2n) is 9.50. The van der Waals surface area contributed by atoms with E-state index >= 15 is 0 Å². The maximum atomic E-state index is 14.9.